The molecule has 0 N–H and O–H groups in total. The fraction of sp³-hybridized carbons (Fsp3) is 0.583. The molecule has 156 valence electrons. The van der Waals surface area contributed by atoms with Crippen molar-refractivity contribution in [3.63, 3.8) is 0 Å². The van der Waals surface area contributed by atoms with Gasteiger partial charge in [-0.1, -0.05) is 52.0 Å². The number of amides is 1. The Morgan fingerprint density at radius 1 is 1.17 bits per heavy atom. The van der Waals surface area contributed by atoms with Gasteiger partial charge in [0.2, 0.25) is 0 Å². The highest BCUT2D eigenvalue weighted by Gasteiger charge is 2.31. The third kappa shape index (κ3) is 4.55. The first kappa shape index (κ1) is 20.1. The van der Waals surface area contributed by atoms with E-state index in [4.69, 9.17) is 4.42 Å². The summed E-state index contributed by atoms with van der Waals surface area (Å²) in [5.74, 6) is 2.74. The Balaban J connectivity index is 1.41. The predicted octanol–water partition coefficient (Wildman–Crippen LogP) is 4.47. The van der Waals surface area contributed by atoms with Gasteiger partial charge < -0.3 is 9.32 Å². The number of piperidine rings is 1. The fourth-order valence-electron chi connectivity index (χ4n) is 4.71. The molecular formula is C24H33N3O2. The van der Waals surface area contributed by atoms with Gasteiger partial charge in [0, 0.05) is 39.1 Å². The second kappa shape index (κ2) is 8.31. The molecule has 2 atom stereocenters. The van der Waals surface area contributed by atoms with Crippen LogP contribution in [0.5, 0.6) is 0 Å². The van der Waals surface area contributed by atoms with Crippen LogP contribution in [0.25, 0.3) is 0 Å². The molecule has 3 heterocycles. The molecule has 0 aliphatic carbocycles. The van der Waals surface area contributed by atoms with Crippen molar-refractivity contribution >= 4 is 5.91 Å². The average Bonchev–Trinajstić information content (AvgIpc) is 3.10. The van der Waals surface area contributed by atoms with Crippen LogP contribution in [-0.4, -0.2) is 40.3 Å². The summed E-state index contributed by atoms with van der Waals surface area (Å²) in [5, 5.41) is 0. The molecule has 0 radical (unpaired) electrons. The maximum absolute atomic E-state index is 12.9. The third-order valence-electron chi connectivity index (χ3n) is 6.20. The van der Waals surface area contributed by atoms with E-state index in [0.29, 0.717) is 17.8 Å². The molecule has 1 saturated heterocycles. The largest absolute Gasteiger partial charge is 0.437 e. The van der Waals surface area contributed by atoms with Crippen molar-refractivity contribution in [2.24, 2.45) is 11.8 Å². The van der Waals surface area contributed by atoms with E-state index < -0.39 is 0 Å². The zero-order valence-corrected chi connectivity index (χ0v) is 18.1. The van der Waals surface area contributed by atoms with Gasteiger partial charge in [-0.25, -0.2) is 4.98 Å². The summed E-state index contributed by atoms with van der Waals surface area (Å²) in [6.07, 6.45) is 1.99. The lowest BCUT2D eigenvalue weighted by Crippen LogP contribution is -2.42. The molecule has 0 unspecified atom stereocenters. The van der Waals surface area contributed by atoms with Crippen LogP contribution < -0.4 is 0 Å². The summed E-state index contributed by atoms with van der Waals surface area (Å²) < 4.78 is 5.90. The number of aromatic nitrogens is 1. The van der Waals surface area contributed by atoms with Crippen LogP contribution in [0.2, 0.25) is 0 Å². The molecule has 2 aliphatic heterocycles. The van der Waals surface area contributed by atoms with Gasteiger partial charge in [0.25, 0.3) is 5.89 Å². The molecule has 1 fully saturated rings. The lowest BCUT2D eigenvalue weighted by molar-refractivity contribution is 0.0581. The quantitative estimate of drug-likeness (QED) is 0.766. The normalized spacial score (nSPS) is 22.7. The highest BCUT2D eigenvalue weighted by Crippen LogP contribution is 2.25. The molecule has 0 spiro atoms. The second-order valence-corrected chi connectivity index (χ2v) is 9.40. The summed E-state index contributed by atoms with van der Waals surface area (Å²) >= 11 is 0. The van der Waals surface area contributed by atoms with E-state index in [1.54, 1.807) is 0 Å². The van der Waals surface area contributed by atoms with Gasteiger partial charge in [-0.2, -0.15) is 0 Å². The number of oxazole rings is 1. The van der Waals surface area contributed by atoms with Gasteiger partial charge >= 0.3 is 5.91 Å². The van der Waals surface area contributed by atoms with E-state index in [1.165, 1.54) is 17.5 Å². The lowest BCUT2D eigenvalue weighted by Gasteiger charge is -2.34. The van der Waals surface area contributed by atoms with Crippen molar-refractivity contribution < 1.29 is 9.21 Å². The standard InChI is InChI=1S/C24H33N3O2/c1-16(2)20-7-5-19(6-8-20)14-26-10-9-22-21(15-26)25-23(29-22)24(28)27-12-17(3)11-18(4)13-27/h5-8,16-18H,9-15H2,1-4H3/t17-,18-/m0/s1. The molecular weight excluding hydrogens is 362 g/mol. The topological polar surface area (TPSA) is 49.6 Å². The molecule has 0 saturated carbocycles. The number of carbonyl (C=O) groups excluding carboxylic acids is 1. The highest BCUT2D eigenvalue weighted by atomic mass is 16.4. The molecule has 1 amide bonds. The zero-order chi connectivity index (χ0) is 20.5. The molecule has 1 aromatic carbocycles. The Morgan fingerprint density at radius 3 is 2.52 bits per heavy atom. The van der Waals surface area contributed by atoms with E-state index in [1.807, 2.05) is 4.90 Å². The Kier molecular flexibility index (Phi) is 5.77. The number of likely N-dealkylation sites (tertiary alicyclic amines) is 1. The van der Waals surface area contributed by atoms with E-state index in [0.717, 1.165) is 50.6 Å². The van der Waals surface area contributed by atoms with Gasteiger partial charge in [-0.05, 0) is 35.3 Å². The molecule has 2 aromatic rings. The van der Waals surface area contributed by atoms with Crippen LogP contribution in [-0.2, 0) is 19.5 Å². The first-order valence-electron chi connectivity index (χ1n) is 11.0. The molecule has 5 heteroatoms. The number of rotatable bonds is 4. The molecule has 0 bridgehead atoms. The number of hydrogen-bond donors (Lipinski definition) is 0. The minimum atomic E-state index is -0.0476. The number of hydrogen-bond acceptors (Lipinski definition) is 4. The first-order valence-corrected chi connectivity index (χ1v) is 11.0. The monoisotopic (exact) mass is 395 g/mol. The molecule has 4 rings (SSSR count). The van der Waals surface area contributed by atoms with Crippen molar-refractivity contribution in [1.29, 1.82) is 0 Å². The van der Waals surface area contributed by atoms with E-state index in [9.17, 15) is 4.79 Å². The number of fused-ring (bicyclic) bond motifs is 1. The SMILES string of the molecule is CC(C)c1ccc(CN2CCc3oc(C(=O)N4C[C@@H](C)C[C@H](C)C4)nc3C2)cc1. The minimum absolute atomic E-state index is 0.0476. The third-order valence-corrected chi connectivity index (χ3v) is 6.20. The average molecular weight is 396 g/mol. The summed E-state index contributed by atoms with van der Waals surface area (Å²) in [7, 11) is 0. The van der Waals surface area contributed by atoms with Crippen LogP contribution in [0.1, 0.15) is 73.3 Å². The van der Waals surface area contributed by atoms with Crippen LogP contribution >= 0.6 is 0 Å². The molecule has 2 aliphatic rings. The number of nitrogens with zero attached hydrogens (tertiary/aromatic N) is 3. The van der Waals surface area contributed by atoms with Crippen LogP contribution in [0, 0.1) is 11.8 Å². The Labute approximate surface area is 174 Å². The van der Waals surface area contributed by atoms with Gasteiger partial charge in [-0.3, -0.25) is 9.69 Å². The van der Waals surface area contributed by atoms with E-state index in [-0.39, 0.29) is 11.8 Å². The number of carbonyl (C=O) groups is 1. The van der Waals surface area contributed by atoms with Crippen molar-refractivity contribution in [3.05, 3.63) is 52.7 Å². The van der Waals surface area contributed by atoms with Crippen molar-refractivity contribution in [2.45, 2.75) is 59.5 Å². The summed E-state index contributed by atoms with van der Waals surface area (Å²) in [6, 6.07) is 8.90. The maximum Gasteiger partial charge on any atom is 0.309 e. The highest BCUT2D eigenvalue weighted by molar-refractivity contribution is 5.89. The molecule has 29 heavy (non-hydrogen) atoms. The van der Waals surface area contributed by atoms with E-state index >= 15 is 0 Å². The Morgan fingerprint density at radius 2 is 1.86 bits per heavy atom. The van der Waals surface area contributed by atoms with Crippen LogP contribution in [0.4, 0.5) is 0 Å². The lowest BCUT2D eigenvalue weighted by atomic mass is 9.92. The maximum atomic E-state index is 12.9. The minimum Gasteiger partial charge on any atom is -0.437 e. The first-order chi connectivity index (χ1) is 13.9. The second-order valence-electron chi connectivity index (χ2n) is 9.40. The van der Waals surface area contributed by atoms with E-state index in [2.05, 4.69) is 61.8 Å². The van der Waals surface area contributed by atoms with Crippen LogP contribution in [0.3, 0.4) is 0 Å². The van der Waals surface area contributed by atoms with Gasteiger partial charge in [0.15, 0.2) is 0 Å². The Hall–Kier alpha value is -2.14. The smallest absolute Gasteiger partial charge is 0.309 e. The zero-order valence-electron chi connectivity index (χ0n) is 18.1. The van der Waals surface area contributed by atoms with Crippen LogP contribution in [0.15, 0.2) is 28.7 Å². The summed E-state index contributed by atoms with van der Waals surface area (Å²) in [5.41, 5.74) is 3.61. The predicted molar refractivity (Wildman–Crippen MR) is 114 cm³/mol. The fourth-order valence-corrected chi connectivity index (χ4v) is 4.71. The van der Waals surface area contributed by atoms with Gasteiger partial charge in [0.05, 0.1) is 5.69 Å². The van der Waals surface area contributed by atoms with Gasteiger partial charge in [-0.15, -0.1) is 0 Å². The summed E-state index contributed by atoms with van der Waals surface area (Å²) in [4.78, 5) is 21.8. The van der Waals surface area contributed by atoms with Crippen molar-refractivity contribution in [3.8, 4) is 0 Å². The van der Waals surface area contributed by atoms with Crippen molar-refractivity contribution in [1.82, 2.24) is 14.8 Å². The summed E-state index contributed by atoms with van der Waals surface area (Å²) in [6.45, 7) is 13.0. The van der Waals surface area contributed by atoms with Gasteiger partial charge in [0.1, 0.15) is 5.76 Å². The van der Waals surface area contributed by atoms with Crippen molar-refractivity contribution in [2.75, 3.05) is 19.6 Å². The molecule has 1 aromatic heterocycles. The molecule has 5 nitrogen and oxygen atoms in total. The Bertz CT molecular complexity index is 846. The number of benzene rings is 1.